The van der Waals surface area contributed by atoms with Gasteiger partial charge >= 0.3 is 0 Å². The minimum atomic E-state index is -3.52. The zero-order chi connectivity index (χ0) is 15.5. The third-order valence-corrected chi connectivity index (χ3v) is 6.15. The number of nitrogens with zero attached hydrogens (tertiary/aromatic N) is 2. The van der Waals surface area contributed by atoms with Crippen molar-refractivity contribution in [3.63, 3.8) is 0 Å². The van der Waals surface area contributed by atoms with E-state index < -0.39 is 10.2 Å². The summed E-state index contributed by atoms with van der Waals surface area (Å²) in [5.41, 5.74) is 0.619. The van der Waals surface area contributed by atoms with Crippen LogP contribution in [0.4, 0.5) is 0 Å². The van der Waals surface area contributed by atoms with E-state index >= 15 is 0 Å². The highest BCUT2D eigenvalue weighted by Gasteiger charge is 2.29. The second kappa shape index (κ2) is 6.91. The Morgan fingerprint density at radius 2 is 2.00 bits per heavy atom. The lowest BCUT2D eigenvalue weighted by Crippen LogP contribution is -2.42. The number of aromatic nitrogens is 1. The van der Waals surface area contributed by atoms with E-state index in [4.69, 9.17) is 9.47 Å². The molecule has 1 aliphatic rings. The molecule has 1 heterocycles. The predicted octanol–water partition coefficient (Wildman–Crippen LogP) is 1.37. The summed E-state index contributed by atoms with van der Waals surface area (Å²) in [6.07, 6.45) is 4.01. The summed E-state index contributed by atoms with van der Waals surface area (Å²) in [5, 5.41) is 0.554. The number of methoxy groups -OCH3 is 2. The second-order valence-electron chi connectivity index (χ2n) is 4.94. The van der Waals surface area contributed by atoms with E-state index in [1.807, 2.05) is 0 Å². The number of nitrogens with one attached hydrogen (secondary N) is 1. The third-order valence-electron chi connectivity index (χ3n) is 3.74. The summed E-state index contributed by atoms with van der Waals surface area (Å²) in [6.45, 7) is 0.0994. The minimum Gasteiger partial charge on any atom is -0.486 e. The van der Waals surface area contributed by atoms with Crippen LogP contribution in [-0.2, 0) is 16.8 Å². The van der Waals surface area contributed by atoms with Gasteiger partial charge in [-0.05, 0) is 12.8 Å². The average molecular weight is 335 g/mol. The molecule has 0 amide bonds. The van der Waals surface area contributed by atoms with Crippen molar-refractivity contribution in [1.82, 2.24) is 13.4 Å². The number of ether oxygens (including phenoxy) is 2. The Morgan fingerprint density at radius 1 is 1.33 bits per heavy atom. The van der Waals surface area contributed by atoms with Crippen molar-refractivity contribution in [2.75, 3.05) is 21.3 Å². The molecule has 0 radical (unpaired) electrons. The number of hydrogen-bond donors (Lipinski definition) is 1. The molecule has 0 unspecified atom stereocenters. The Balaban J connectivity index is 2.06. The second-order valence-corrected chi connectivity index (χ2v) is 7.49. The van der Waals surface area contributed by atoms with E-state index in [0.717, 1.165) is 37.2 Å². The van der Waals surface area contributed by atoms with E-state index in [2.05, 4.69) is 9.10 Å². The lowest BCUT2D eigenvalue weighted by molar-refractivity contribution is 0.364. The van der Waals surface area contributed by atoms with Gasteiger partial charge in [0.15, 0.2) is 0 Å². The highest BCUT2D eigenvalue weighted by atomic mass is 32.2. The maximum absolute atomic E-state index is 12.3. The Kier molecular flexibility index (Phi) is 5.42. The van der Waals surface area contributed by atoms with Crippen LogP contribution in [0.15, 0.2) is 0 Å². The third kappa shape index (κ3) is 3.65. The fraction of sp³-hybridized carbons (Fsp3) is 0.750. The highest BCUT2D eigenvalue weighted by Crippen LogP contribution is 2.32. The first-order valence-corrected chi connectivity index (χ1v) is 9.00. The largest absolute Gasteiger partial charge is 0.486 e. The molecule has 1 aromatic rings. The van der Waals surface area contributed by atoms with Crippen LogP contribution in [0.3, 0.4) is 0 Å². The van der Waals surface area contributed by atoms with Crippen LogP contribution in [0.25, 0.3) is 0 Å². The van der Waals surface area contributed by atoms with Crippen molar-refractivity contribution in [3.05, 3.63) is 5.56 Å². The van der Waals surface area contributed by atoms with Gasteiger partial charge in [0.05, 0.1) is 19.8 Å². The smallest absolute Gasteiger partial charge is 0.279 e. The molecular weight excluding hydrogens is 314 g/mol. The molecule has 120 valence electrons. The normalized spacial score (nSPS) is 16.6. The number of rotatable bonds is 7. The Morgan fingerprint density at radius 3 is 2.57 bits per heavy atom. The van der Waals surface area contributed by atoms with Crippen LogP contribution in [-0.4, -0.2) is 44.4 Å². The van der Waals surface area contributed by atoms with Gasteiger partial charge in [0.25, 0.3) is 10.2 Å². The predicted molar refractivity (Wildman–Crippen MR) is 81.0 cm³/mol. The topological polar surface area (TPSA) is 80.8 Å². The van der Waals surface area contributed by atoms with Crippen LogP contribution >= 0.6 is 11.5 Å². The summed E-state index contributed by atoms with van der Waals surface area (Å²) >= 11 is 1.14. The van der Waals surface area contributed by atoms with E-state index in [0.29, 0.717) is 16.5 Å². The van der Waals surface area contributed by atoms with Crippen LogP contribution in [0.2, 0.25) is 0 Å². The standard InChI is InChI=1S/C12H21N3O4S2/c1-15(9-6-4-5-7-9)21(16,17)13-8-10-11(18-2)14-20-12(10)19-3/h9,13H,4-8H2,1-3H3. The van der Waals surface area contributed by atoms with Gasteiger partial charge in [0, 0.05) is 31.2 Å². The van der Waals surface area contributed by atoms with Crippen molar-refractivity contribution in [1.29, 1.82) is 0 Å². The first-order chi connectivity index (χ1) is 9.99. The van der Waals surface area contributed by atoms with E-state index in [9.17, 15) is 8.42 Å². The lowest BCUT2D eigenvalue weighted by atomic mass is 10.3. The Bertz CT molecular complexity index is 546. The Labute approximate surface area is 129 Å². The molecule has 0 saturated heterocycles. The molecule has 9 heteroatoms. The molecule has 1 fully saturated rings. The van der Waals surface area contributed by atoms with Crippen LogP contribution < -0.4 is 14.2 Å². The van der Waals surface area contributed by atoms with E-state index in [1.165, 1.54) is 18.5 Å². The van der Waals surface area contributed by atoms with Crippen molar-refractivity contribution >= 4 is 21.7 Å². The van der Waals surface area contributed by atoms with Crippen molar-refractivity contribution in [2.24, 2.45) is 0 Å². The minimum absolute atomic E-state index is 0.0897. The summed E-state index contributed by atoms with van der Waals surface area (Å²) in [6, 6.07) is 0.0897. The van der Waals surface area contributed by atoms with E-state index in [1.54, 1.807) is 7.05 Å². The molecule has 1 aromatic heterocycles. The fourth-order valence-electron chi connectivity index (χ4n) is 2.48. The highest BCUT2D eigenvalue weighted by molar-refractivity contribution is 7.87. The quantitative estimate of drug-likeness (QED) is 0.814. The van der Waals surface area contributed by atoms with Crippen LogP contribution in [0.1, 0.15) is 31.2 Å². The number of hydrogen-bond acceptors (Lipinski definition) is 6. The van der Waals surface area contributed by atoms with Crippen molar-refractivity contribution < 1.29 is 17.9 Å². The summed E-state index contributed by atoms with van der Waals surface area (Å²) in [4.78, 5) is 0. The molecule has 0 bridgehead atoms. The zero-order valence-corrected chi connectivity index (χ0v) is 14.1. The summed E-state index contributed by atoms with van der Waals surface area (Å²) in [5.74, 6) is 0.392. The molecule has 0 aromatic carbocycles. The first kappa shape index (κ1) is 16.5. The first-order valence-electron chi connectivity index (χ1n) is 6.78. The van der Waals surface area contributed by atoms with E-state index in [-0.39, 0.29) is 12.6 Å². The molecule has 0 aliphatic heterocycles. The van der Waals surface area contributed by atoms with Gasteiger partial charge in [-0.3, -0.25) is 0 Å². The monoisotopic (exact) mass is 335 g/mol. The zero-order valence-electron chi connectivity index (χ0n) is 12.5. The average Bonchev–Trinajstić information content (AvgIpc) is 3.12. The Hall–Kier alpha value is -0.900. The molecular formula is C12H21N3O4S2. The van der Waals surface area contributed by atoms with Gasteiger partial charge in [0.1, 0.15) is 0 Å². The molecule has 1 aliphatic carbocycles. The SMILES string of the molecule is COc1nsc(OC)c1CNS(=O)(=O)N(C)C1CCCC1. The molecule has 7 nitrogen and oxygen atoms in total. The van der Waals surface area contributed by atoms with Crippen LogP contribution in [0.5, 0.6) is 10.9 Å². The molecule has 1 N–H and O–H groups in total. The van der Waals surface area contributed by atoms with Crippen molar-refractivity contribution in [3.8, 4) is 10.9 Å². The fourth-order valence-corrected chi connectivity index (χ4v) is 4.31. The summed E-state index contributed by atoms with van der Waals surface area (Å²) in [7, 11) is 1.12. The van der Waals surface area contributed by atoms with Gasteiger partial charge in [-0.2, -0.15) is 21.8 Å². The molecule has 1 saturated carbocycles. The maximum Gasteiger partial charge on any atom is 0.279 e. The maximum atomic E-state index is 12.3. The van der Waals surface area contributed by atoms with Gasteiger partial charge in [0.2, 0.25) is 10.9 Å². The lowest BCUT2D eigenvalue weighted by Gasteiger charge is -2.23. The molecule has 2 rings (SSSR count). The van der Waals surface area contributed by atoms with Crippen molar-refractivity contribution in [2.45, 2.75) is 38.3 Å². The molecule has 0 spiro atoms. The summed E-state index contributed by atoms with van der Waals surface area (Å²) < 4.78 is 43.1. The van der Waals surface area contributed by atoms with Gasteiger partial charge in [-0.1, -0.05) is 12.8 Å². The van der Waals surface area contributed by atoms with Gasteiger partial charge in [-0.25, -0.2) is 0 Å². The van der Waals surface area contributed by atoms with Crippen LogP contribution in [0, 0.1) is 0 Å². The van der Waals surface area contributed by atoms with Gasteiger partial charge in [-0.15, -0.1) is 0 Å². The molecule has 21 heavy (non-hydrogen) atoms. The molecule has 0 atom stereocenters. The van der Waals surface area contributed by atoms with Gasteiger partial charge < -0.3 is 9.47 Å².